The highest BCUT2D eigenvalue weighted by Crippen LogP contribution is 2.45. The Kier molecular flexibility index (Phi) is 5.39. The molecule has 6 rings (SSSR count). The van der Waals surface area contributed by atoms with Crippen LogP contribution in [0.4, 0.5) is 13.2 Å². The van der Waals surface area contributed by atoms with Gasteiger partial charge in [-0.15, -0.1) is 0 Å². The molecule has 0 radical (unpaired) electrons. The summed E-state index contributed by atoms with van der Waals surface area (Å²) in [6.07, 6.45) is 2.13. The molecule has 1 aliphatic rings. The summed E-state index contributed by atoms with van der Waals surface area (Å²) < 4.78 is 45.9. The Bertz CT molecular complexity index is 1600. The first-order valence-corrected chi connectivity index (χ1v) is 11.6. The number of rotatable bonds is 6. The number of ether oxygens (including phenoxy) is 1. The molecular formula is C25H21F3N8O. The summed E-state index contributed by atoms with van der Waals surface area (Å²) in [4.78, 5) is 24.4. The second-order valence-corrected chi connectivity index (χ2v) is 8.93. The molecule has 1 saturated carbocycles. The second-order valence-electron chi connectivity index (χ2n) is 8.93. The molecule has 188 valence electrons. The fourth-order valence-corrected chi connectivity index (χ4v) is 4.35. The summed E-state index contributed by atoms with van der Waals surface area (Å²) in [6.45, 7) is 0. The Morgan fingerprint density at radius 2 is 1.84 bits per heavy atom. The van der Waals surface area contributed by atoms with Gasteiger partial charge in [-0.25, -0.2) is 24.9 Å². The number of halogens is 3. The average Bonchev–Trinajstić information content (AvgIpc) is 3.53. The third-order valence-electron chi connectivity index (χ3n) is 6.37. The molecule has 4 aromatic heterocycles. The van der Waals surface area contributed by atoms with E-state index in [2.05, 4.69) is 30.0 Å². The molecule has 1 aromatic carbocycles. The lowest BCUT2D eigenvalue weighted by atomic mass is 10.1. The molecule has 0 amide bonds. The number of aryl methyl sites for hydroxylation is 1. The van der Waals surface area contributed by atoms with Crippen molar-refractivity contribution in [3.8, 4) is 28.7 Å². The number of hydrogen-bond donors (Lipinski definition) is 1. The van der Waals surface area contributed by atoms with Gasteiger partial charge in [0.15, 0.2) is 5.82 Å². The normalized spacial score (nSPS) is 13.9. The number of fused-ring (bicyclic) bond motifs is 1. The van der Waals surface area contributed by atoms with E-state index in [9.17, 15) is 13.2 Å². The van der Waals surface area contributed by atoms with Crippen LogP contribution < -0.4 is 4.74 Å². The zero-order chi connectivity index (χ0) is 25.7. The van der Waals surface area contributed by atoms with Crippen molar-refractivity contribution in [3.05, 3.63) is 65.6 Å². The lowest BCUT2D eigenvalue weighted by Crippen LogP contribution is -2.04. The number of methoxy groups -OCH3 is 1. The van der Waals surface area contributed by atoms with E-state index in [-0.39, 0.29) is 5.82 Å². The van der Waals surface area contributed by atoms with Crippen LogP contribution >= 0.6 is 0 Å². The molecule has 0 unspecified atom stereocenters. The van der Waals surface area contributed by atoms with E-state index in [1.807, 2.05) is 19.2 Å². The van der Waals surface area contributed by atoms with Crippen molar-refractivity contribution in [2.75, 3.05) is 7.11 Å². The van der Waals surface area contributed by atoms with E-state index in [4.69, 9.17) is 9.72 Å². The second kappa shape index (κ2) is 8.64. The highest BCUT2D eigenvalue weighted by Gasteiger charge is 2.33. The number of H-pyrrole nitrogens is 1. The van der Waals surface area contributed by atoms with Gasteiger partial charge in [-0.1, -0.05) is 24.3 Å². The number of nitrogens with zero attached hydrogens (tertiary/aromatic N) is 7. The van der Waals surface area contributed by atoms with Crippen molar-refractivity contribution in [3.63, 3.8) is 0 Å². The summed E-state index contributed by atoms with van der Waals surface area (Å²) in [5, 5.41) is 4.65. The topological polar surface area (TPSA) is 107 Å². The molecule has 0 atom stereocenters. The molecule has 37 heavy (non-hydrogen) atoms. The minimum absolute atomic E-state index is 0.157. The Balaban J connectivity index is 1.33. The first-order chi connectivity index (χ1) is 17.8. The summed E-state index contributed by atoms with van der Waals surface area (Å²) >= 11 is 0. The predicted molar refractivity (Wildman–Crippen MR) is 128 cm³/mol. The van der Waals surface area contributed by atoms with Gasteiger partial charge in [-0.2, -0.15) is 18.3 Å². The zero-order valence-electron chi connectivity index (χ0n) is 19.9. The smallest absolute Gasteiger partial charge is 0.432 e. The number of alkyl halides is 3. The zero-order valence-corrected chi connectivity index (χ0v) is 19.9. The van der Waals surface area contributed by atoms with Gasteiger partial charge >= 0.3 is 6.18 Å². The number of benzene rings is 1. The number of aromatic amines is 1. The van der Waals surface area contributed by atoms with E-state index in [1.165, 1.54) is 6.33 Å². The Hall–Kier alpha value is -4.35. The minimum atomic E-state index is -4.47. The van der Waals surface area contributed by atoms with Crippen molar-refractivity contribution < 1.29 is 17.9 Å². The quantitative estimate of drug-likeness (QED) is 0.356. The van der Waals surface area contributed by atoms with E-state index in [0.29, 0.717) is 40.7 Å². The number of nitrogens with one attached hydrogen (secondary N) is 1. The van der Waals surface area contributed by atoms with E-state index in [1.54, 1.807) is 30.1 Å². The minimum Gasteiger partial charge on any atom is -0.480 e. The summed E-state index contributed by atoms with van der Waals surface area (Å²) in [5.74, 6) is 1.42. The van der Waals surface area contributed by atoms with Crippen LogP contribution in [0.5, 0.6) is 5.88 Å². The van der Waals surface area contributed by atoms with Crippen LogP contribution in [0.3, 0.4) is 0 Å². The fourth-order valence-electron chi connectivity index (χ4n) is 4.35. The van der Waals surface area contributed by atoms with Crippen molar-refractivity contribution in [1.29, 1.82) is 0 Å². The van der Waals surface area contributed by atoms with Crippen LogP contribution in [-0.4, -0.2) is 46.8 Å². The van der Waals surface area contributed by atoms with Crippen LogP contribution in [-0.2, 0) is 19.6 Å². The fraction of sp³-hybridized carbons (Fsp3) is 0.280. The van der Waals surface area contributed by atoms with Crippen molar-refractivity contribution in [2.45, 2.75) is 31.4 Å². The summed E-state index contributed by atoms with van der Waals surface area (Å²) in [6, 6.07) is 7.14. The van der Waals surface area contributed by atoms with Gasteiger partial charge in [0.2, 0.25) is 5.88 Å². The SMILES string of the molecule is COc1ncnc(C2CC2)c1-c1ncc2c(n1)c(Cc1ccc(-c3ncc(C(F)(F)F)[nH]3)cc1)nn2C. The first-order valence-electron chi connectivity index (χ1n) is 11.6. The molecule has 1 aliphatic carbocycles. The van der Waals surface area contributed by atoms with Crippen molar-refractivity contribution >= 4 is 11.0 Å². The Labute approximate surface area is 208 Å². The van der Waals surface area contributed by atoms with Gasteiger partial charge in [0, 0.05) is 24.9 Å². The van der Waals surface area contributed by atoms with Gasteiger partial charge in [0.1, 0.15) is 34.4 Å². The number of hydrogen-bond acceptors (Lipinski definition) is 7. The largest absolute Gasteiger partial charge is 0.480 e. The van der Waals surface area contributed by atoms with Gasteiger partial charge in [0.25, 0.3) is 0 Å². The lowest BCUT2D eigenvalue weighted by Gasteiger charge is -2.10. The van der Waals surface area contributed by atoms with Crippen LogP contribution in [0.1, 0.15) is 41.4 Å². The molecule has 0 saturated heterocycles. The van der Waals surface area contributed by atoms with Crippen molar-refractivity contribution in [1.82, 2.24) is 39.7 Å². The molecule has 0 bridgehead atoms. The van der Waals surface area contributed by atoms with Crippen LogP contribution in [0.25, 0.3) is 33.8 Å². The standard InChI is InChI=1S/C25H21F3N8O/c1-36-17-10-29-23(19-20(14-7-8-14)31-12-32-24(19)37-2)34-21(17)16(35-36)9-13-3-5-15(6-4-13)22-30-11-18(33-22)25(26,27)28/h3-6,10-12,14H,7-9H2,1-2H3,(H,30,33). The van der Waals surface area contributed by atoms with E-state index in [0.717, 1.165) is 41.5 Å². The first kappa shape index (κ1) is 23.1. The van der Waals surface area contributed by atoms with Gasteiger partial charge in [-0.05, 0) is 18.4 Å². The highest BCUT2D eigenvalue weighted by atomic mass is 19.4. The third kappa shape index (κ3) is 4.28. The maximum absolute atomic E-state index is 12.9. The van der Waals surface area contributed by atoms with Crippen LogP contribution in [0, 0.1) is 0 Å². The Morgan fingerprint density at radius 1 is 1.05 bits per heavy atom. The average molecular weight is 506 g/mol. The lowest BCUT2D eigenvalue weighted by molar-refractivity contribution is -0.140. The monoisotopic (exact) mass is 506 g/mol. The highest BCUT2D eigenvalue weighted by molar-refractivity contribution is 5.80. The molecule has 1 fully saturated rings. The predicted octanol–water partition coefficient (Wildman–Crippen LogP) is 4.71. The molecule has 4 heterocycles. The molecule has 9 nitrogen and oxygen atoms in total. The maximum Gasteiger partial charge on any atom is 0.432 e. The number of aromatic nitrogens is 8. The maximum atomic E-state index is 12.9. The number of imidazole rings is 1. The third-order valence-corrected chi connectivity index (χ3v) is 6.37. The molecule has 12 heteroatoms. The summed E-state index contributed by atoms with van der Waals surface area (Å²) in [5.41, 5.74) is 4.40. The molecule has 5 aromatic rings. The van der Waals surface area contributed by atoms with Gasteiger partial charge < -0.3 is 9.72 Å². The van der Waals surface area contributed by atoms with Crippen molar-refractivity contribution in [2.24, 2.45) is 7.05 Å². The van der Waals surface area contributed by atoms with E-state index < -0.39 is 11.9 Å². The van der Waals surface area contributed by atoms with Crippen LogP contribution in [0.2, 0.25) is 0 Å². The molecular weight excluding hydrogens is 485 g/mol. The molecule has 1 N–H and O–H groups in total. The Morgan fingerprint density at radius 3 is 2.51 bits per heavy atom. The van der Waals surface area contributed by atoms with Crippen LogP contribution in [0.15, 0.2) is 43.0 Å². The summed E-state index contributed by atoms with van der Waals surface area (Å²) in [7, 11) is 3.39. The molecule has 0 aliphatic heterocycles. The van der Waals surface area contributed by atoms with E-state index >= 15 is 0 Å². The van der Waals surface area contributed by atoms with Gasteiger partial charge in [0.05, 0.1) is 30.9 Å². The van der Waals surface area contributed by atoms with Gasteiger partial charge in [-0.3, -0.25) is 4.68 Å². The molecule has 0 spiro atoms.